The number of hydrogen-bond donors (Lipinski definition) is 0. The molecule has 0 nitrogen and oxygen atoms in total. The Morgan fingerprint density at radius 1 is 0.714 bits per heavy atom. The standard InChI is InChI=1S/C12H25Si2/c1-2-3-4-5-6-7-8-9-10-11-12-14-13/h2-12H2,1H3. The quantitative estimate of drug-likeness (QED) is 0.367. The molecule has 0 saturated heterocycles. The summed E-state index contributed by atoms with van der Waals surface area (Å²) >= 11 is 0. The topological polar surface area (TPSA) is 0 Å². The monoisotopic (exact) mass is 225 g/mol. The van der Waals surface area contributed by atoms with Crippen molar-refractivity contribution in [2.45, 2.75) is 77.2 Å². The molecular formula is C12H25Si2. The van der Waals surface area contributed by atoms with Crippen LogP contribution in [0.4, 0.5) is 0 Å². The van der Waals surface area contributed by atoms with E-state index >= 15 is 0 Å². The van der Waals surface area contributed by atoms with E-state index in [0.29, 0.717) is 0 Å². The van der Waals surface area contributed by atoms with Crippen LogP contribution < -0.4 is 0 Å². The minimum atomic E-state index is 0.975. The molecule has 5 radical (unpaired) electrons. The highest BCUT2D eigenvalue weighted by molar-refractivity contribution is 6.89. The second kappa shape index (κ2) is 13.4. The van der Waals surface area contributed by atoms with Crippen LogP contribution in [0.1, 0.15) is 71.1 Å². The Bertz CT molecular complexity index is 82.3. The molecule has 0 heterocycles. The summed E-state index contributed by atoms with van der Waals surface area (Å²) < 4.78 is 0. The molecule has 0 amide bonds. The average Bonchev–Trinajstić information content (AvgIpc) is 2.21. The zero-order valence-corrected chi connectivity index (χ0v) is 11.8. The van der Waals surface area contributed by atoms with Crippen molar-refractivity contribution in [2.75, 3.05) is 0 Å². The summed E-state index contributed by atoms with van der Waals surface area (Å²) in [6, 6.07) is 1.38. The Kier molecular flexibility index (Phi) is 13.8. The van der Waals surface area contributed by atoms with Gasteiger partial charge in [0.25, 0.3) is 0 Å². The minimum absolute atomic E-state index is 0.975. The van der Waals surface area contributed by atoms with E-state index in [-0.39, 0.29) is 0 Å². The lowest BCUT2D eigenvalue weighted by Crippen LogP contribution is -1.87. The molecule has 0 aliphatic heterocycles. The summed E-state index contributed by atoms with van der Waals surface area (Å²) in [5, 5.41) is 0. The first-order valence-corrected chi connectivity index (χ1v) is 9.02. The summed E-state index contributed by atoms with van der Waals surface area (Å²) in [5.41, 5.74) is 0. The van der Waals surface area contributed by atoms with Gasteiger partial charge in [-0.2, -0.15) is 0 Å². The third-order valence-corrected chi connectivity index (χ3v) is 4.01. The molecule has 14 heavy (non-hydrogen) atoms. The molecule has 81 valence electrons. The lowest BCUT2D eigenvalue weighted by Gasteiger charge is -2.01. The molecule has 0 aromatic carbocycles. The minimum Gasteiger partial charge on any atom is -0.0654 e. The van der Waals surface area contributed by atoms with Crippen LogP contribution in [0, 0.1) is 0 Å². The molecule has 0 fully saturated rings. The molecule has 0 aliphatic rings. The third-order valence-electron chi connectivity index (χ3n) is 2.66. The van der Waals surface area contributed by atoms with Crippen LogP contribution in [-0.2, 0) is 0 Å². The molecule has 2 heteroatoms. The van der Waals surface area contributed by atoms with Gasteiger partial charge in [-0.05, 0) is 0 Å². The maximum Gasteiger partial charge on any atom is 0.0180 e. The summed E-state index contributed by atoms with van der Waals surface area (Å²) in [4.78, 5) is 0. The van der Waals surface area contributed by atoms with Crippen molar-refractivity contribution in [3.63, 3.8) is 0 Å². The van der Waals surface area contributed by atoms with Gasteiger partial charge in [-0.15, -0.1) is 0 Å². The Morgan fingerprint density at radius 2 is 1.14 bits per heavy atom. The molecule has 0 aromatic heterocycles. The average molecular weight is 226 g/mol. The van der Waals surface area contributed by atoms with Crippen LogP contribution in [0.15, 0.2) is 0 Å². The molecule has 0 saturated carbocycles. The maximum absolute atomic E-state index is 3.54. The van der Waals surface area contributed by atoms with E-state index in [9.17, 15) is 0 Å². The van der Waals surface area contributed by atoms with Gasteiger partial charge >= 0.3 is 0 Å². The number of unbranched alkanes of at least 4 members (excludes halogenated alkanes) is 9. The lowest BCUT2D eigenvalue weighted by molar-refractivity contribution is 0.562. The van der Waals surface area contributed by atoms with Crippen molar-refractivity contribution in [3.05, 3.63) is 0 Å². The largest absolute Gasteiger partial charge is 0.0654 e. The Balaban J connectivity index is 2.78. The summed E-state index contributed by atoms with van der Waals surface area (Å²) in [6.45, 7) is 2.28. The highest BCUT2D eigenvalue weighted by Crippen LogP contribution is 2.10. The molecule has 0 bridgehead atoms. The highest BCUT2D eigenvalue weighted by Gasteiger charge is 1.91. The highest BCUT2D eigenvalue weighted by atomic mass is 29.1. The number of hydrogen-bond acceptors (Lipinski definition) is 0. The molecule has 0 aromatic rings. The summed E-state index contributed by atoms with van der Waals surface area (Å²) in [6.07, 6.45) is 14.5. The van der Waals surface area contributed by atoms with Crippen LogP contribution >= 0.6 is 0 Å². The van der Waals surface area contributed by atoms with Crippen molar-refractivity contribution in [3.8, 4) is 0 Å². The van der Waals surface area contributed by atoms with Gasteiger partial charge in [-0.3, -0.25) is 0 Å². The SMILES string of the molecule is CCCCCCCCCCCC[Si][Si]. The van der Waals surface area contributed by atoms with Gasteiger partial charge in [0.1, 0.15) is 0 Å². The maximum atomic E-state index is 3.54. The summed E-state index contributed by atoms with van der Waals surface area (Å²) in [7, 11) is 4.51. The molecule has 0 spiro atoms. The summed E-state index contributed by atoms with van der Waals surface area (Å²) in [5.74, 6) is 0. The van der Waals surface area contributed by atoms with Crippen LogP contribution in [0.2, 0.25) is 6.04 Å². The van der Waals surface area contributed by atoms with Crippen LogP contribution in [0.5, 0.6) is 0 Å². The fraction of sp³-hybridized carbons (Fsp3) is 1.00. The fourth-order valence-electron chi connectivity index (χ4n) is 1.70. The second-order valence-corrected chi connectivity index (χ2v) is 6.02. The van der Waals surface area contributed by atoms with Crippen molar-refractivity contribution in [1.29, 1.82) is 0 Å². The molecule has 0 N–H and O–H groups in total. The molecule has 0 unspecified atom stereocenters. The first kappa shape index (κ1) is 14.4. The predicted molar refractivity (Wildman–Crippen MR) is 68.2 cm³/mol. The fourth-order valence-corrected chi connectivity index (χ4v) is 2.66. The second-order valence-electron chi connectivity index (χ2n) is 4.11. The first-order valence-electron chi connectivity index (χ1n) is 6.31. The van der Waals surface area contributed by atoms with Gasteiger partial charge < -0.3 is 0 Å². The van der Waals surface area contributed by atoms with Gasteiger partial charge in [0.2, 0.25) is 0 Å². The van der Waals surface area contributed by atoms with E-state index in [1.165, 1.54) is 70.3 Å². The Hall–Kier alpha value is 0.434. The van der Waals surface area contributed by atoms with E-state index < -0.39 is 0 Å². The lowest BCUT2D eigenvalue weighted by atomic mass is 10.1. The van der Waals surface area contributed by atoms with Gasteiger partial charge in [-0.25, -0.2) is 0 Å². The van der Waals surface area contributed by atoms with Gasteiger partial charge in [0, 0.05) is 18.8 Å². The van der Waals surface area contributed by atoms with Crippen LogP contribution in [0.3, 0.4) is 0 Å². The van der Waals surface area contributed by atoms with Gasteiger partial charge in [-0.1, -0.05) is 77.2 Å². The van der Waals surface area contributed by atoms with Crippen LogP contribution in [-0.4, -0.2) is 18.8 Å². The van der Waals surface area contributed by atoms with Crippen molar-refractivity contribution >= 4 is 18.8 Å². The smallest absolute Gasteiger partial charge is 0.0180 e. The molecule has 0 rings (SSSR count). The zero-order chi connectivity index (χ0) is 10.5. The van der Waals surface area contributed by atoms with E-state index in [4.69, 9.17) is 0 Å². The van der Waals surface area contributed by atoms with E-state index in [0.717, 1.165) is 9.04 Å². The molecular weight excluding hydrogens is 200 g/mol. The normalized spacial score (nSPS) is 10.7. The van der Waals surface area contributed by atoms with E-state index in [2.05, 4.69) is 16.7 Å². The predicted octanol–water partition coefficient (Wildman–Crippen LogP) is 4.11. The molecule has 0 aliphatic carbocycles. The first-order chi connectivity index (χ1) is 6.91. The third kappa shape index (κ3) is 12.4. The van der Waals surface area contributed by atoms with Crippen molar-refractivity contribution < 1.29 is 0 Å². The Morgan fingerprint density at radius 3 is 1.57 bits per heavy atom. The molecule has 0 atom stereocenters. The van der Waals surface area contributed by atoms with Crippen molar-refractivity contribution in [2.24, 2.45) is 0 Å². The van der Waals surface area contributed by atoms with E-state index in [1.54, 1.807) is 0 Å². The van der Waals surface area contributed by atoms with E-state index in [1.807, 2.05) is 0 Å². The van der Waals surface area contributed by atoms with Crippen molar-refractivity contribution in [1.82, 2.24) is 0 Å². The van der Waals surface area contributed by atoms with Crippen LogP contribution in [0.25, 0.3) is 0 Å². The zero-order valence-electron chi connectivity index (χ0n) is 9.78. The number of rotatable bonds is 11. The van der Waals surface area contributed by atoms with Gasteiger partial charge in [0.05, 0.1) is 0 Å². The van der Waals surface area contributed by atoms with Gasteiger partial charge in [0.15, 0.2) is 0 Å². The Labute approximate surface area is 96.3 Å².